The lowest BCUT2D eigenvalue weighted by Crippen LogP contribution is -2.22. The molecule has 0 fully saturated rings. The van der Waals surface area contributed by atoms with Gasteiger partial charge in [-0.2, -0.15) is 0 Å². The zero-order valence-electron chi connectivity index (χ0n) is 11.4. The standard InChI is InChI=1S/C15H11FN4O2/c16-12-3-1-10(2-4-12)14(21)18-9-13-19-20-15(22-13)11-5-7-17-8-6-11/h1-8H,9H2,(H,18,21). The van der Waals surface area contributed by atoms with Crippen LogP contribution in [-0.2, 0) is 6.54 Å². The molecule has 0 spiro atoms. The molecule has 6 nitrogen and oxygen atoms in total. The molecule has 0 aliphatic rings. The van der Waals surface area contributed by atoms with Gasteiger partial charge in [0.15, 0.2) is 0 Å². The van der Waals surface area contributed by atoms with Gasteiger partial charge in [0.2, 0.25) is 11.8 Å². The lowest BCUT2D eigenvalue weighted by molar-refractivity contribution is 0.0947. The van der Waals surface area contributed by atoms with E-state index in [1.54, 1.807) is 24.5 Å². The van der Waals surface area contributed by atoms with Gasteiger partial charge in [-0.25, -0.2) is 4.39 Å². The average Bonchev–Trinajstić information content (AvgIpc) is 3.03. The number of rotatable bonds is 4. The Morgan fingerprint density at radius 3 is 2.55 bits per heavy atom. The molecule has 1 N–H and O–H groups in total. The van der Waals surface area contributed by atoms with E-state index in [9.17, 15) is 9.18 Å². The molecule has 0 atom stereocenters. The molecule has 110 valence electrons. The van der Waals surface area contributed by atoms with Gasteiger partial charge < -0.3 is 9.73 Å². The van der Waals surface area contributed by atoms with Gasteiger partial charge in [0, 0.05) is 23.5 Å². The summed E-state index contributed by atoms with van der Waals surface area (Å²) in [7, 11) is 0. The van der Waals surface area contributed by atoms with E-state index in [1.165, 1.54) is 24.3 Å². The molecular formula is C15H11FN4O2. The van der Waals surface area contributed by atoms with E-state index >= 15 is 0 Å². The third-order valence-electron chi connectivity index (χ3n) is 2.90. The Balaban J connectivity index is 1.64. The van der Waals surface area contributed by atoms with E-state index in [2.05, 4.69) is 20.5 Å². The van der Waals surface area contributed by atoms with Crippen LogP contribution < -0.4 is 5.32 Å². The normalized spacial score (nSPS) is 10.4. The maximum Gasteiger partial charge on any atom is 0.251 e. The monoisotopic (exact) mass is 298 g/mol. The predicted molar refractivity (Wildman–Crippen MR) is 75.1 cm³/mol. The first kappa shape index (κ1) is 13.9. The second-order valence-electron chi connectivity index (χ2n) is 4.43. The molecule has 0 aliphatic heterocycles. The van der Waals surface area contributed by atoms with Crippen LogP contribution in [0.5, 0.6) is 0 Å². The first-order valence-electron chi connectivity index (χ1n) is 6.49. The molecule has 3 aromatic rings. The second kappa shape index (κ2) is 6.13. The van der Waals surface area contributed by atoms with Crippen molar-refractivity contribution in [2.24, 2.45) is 0 Å². The topological polar surface area (TPSA) is 80.9 Å². The number of carbonyl (C=O) groups excluding carboxylic acids is 1. The van der Waals surface area contributed by atoms with Gasteiger partial charge in [0.1, 0.15) is 5.82 Å². The summed E-state index contributed by atoms with van der Waals surface area (Å²) in [5, 5.41) is 10.4. The Kier molecular flexibility index (Phi) is 3.86. The molecule has 0 bridgehead atoms. The van der Waals surface area contributed by atoms with Gasteiger partial charge in [-0.3, -0.25) is 9.78 Å². The highest BCUT2D eigenvalue weighted by molar-refractivity contribution is 5.94. The van der Waals surface area contributed by atoms with Crippen molar-refractivity contribution in [3.05, 3.63) is 66.1 Å². The molecule has 2 heterocycles. The summed E-state index contributed by atoms with van der Waals surface area (Å²) < 4.78 is 18.2. The van der Waals surface area contributed by atoms with E-state index < -0.39 is 5.82 Å². The summed E-state index contributed by atoms with van der Waals surface area (Å²) in [5.41, 5.74) is 1.11. The van der Waals surface area contributed by atoms with Gasteiger partial charge in [0.05, 0.1) is 6.54 Å². The molecule has 2 aromatic heterocycles. The number of benzene rings is 1. The predicted octanol–water partition coefficient (Wildman–Crippen LogP) is 2.20. The summed E-state index contributed by atoms with van der Waals surface area (Å²) in [5.74, 6) is -0.102. The van der Waals surface area contributed by atoms with Crippen molar-refractivity contribution in [2.75, 3.05) is 0 Å². The summed E-state index contributed by atoms with van der Waals surface area (Å²) in [6.45, 7) is 0.0916. The Labute approximate surface area is 125 Å². The minimum Gasteiger partial charge on any atom is -0.419 e. The van der Waals surface area contributed by atoms with Gasteiger partial charge in [-0.15, -0.1) is 10.2 Å². The molecule has 22 heavy (non-hydrogen) atoms. The SMILES string of the molecule is O=C(NCc1nnc(-c2ccncc2)o1)c1ccc(F)cc1. The van der Waals surface area contributed by atoms with E-state index in [4.69, 9.17) is 4.42 Å². The molecular weight excluding hydrogens is 287 g/mol. The Bertz CT molecular complexity index is 772. The minimum atomic E-state index is -0.393. The van der Waals surface area contributed by atoms with Crippen LogP contribution in [0.4, 0.5) is 4.39 Å². The fraction of sp³-hybridized carbons (Fsp3) is 0.0667. The lowest BCUT2D eigenvalue weighted by atomic mass is 10.2. The van der Waals surface area contributed by atoms with E-state index in [0.29, 0.717) is 11.5 Å². The summed E-state index contributed by atoms with van der Waals surface area (Å²) in [6, 6.07) is 8.75. The number of nitrogens with one attached hydrogen (secondary N) is 1. The maximum atomic E-state index is 12.8. The fourth-order valence-electron chi connectivity index (χ4n) is 1.80. The van der Waals surface area contributed by atoms with Gasteiger partial charge in [-0.1, -0.05) is 0 Å². The first-order valence-corrected chi connectivity index (χ1v) is 6.49. The van der Waals surface area contributed by atoms with Crippen LogP contribution in [0.2, 0.25) is 0 Å². The van der Waals surface area contributed by atoms with Crippen molar-refractivity contribution in [1.29, 1.82) is 0 Å². The number of hydrogen-bond donors (Lipinski definition) is 1. The number of hydrogen-bond acceptors (Lipinski definition) is 5. The van der Waals surface area contributed by atoms with Crippen LogP contribution in [0.15, 0.2) is 53.2 Å². The van der Waals surface area contributed by atoms with Crippen LogP contribution in [0.1, 0.15) is 16.2 Å². The van der Waals surface area contributed by atoms with Crippen LogP contribution in [0.25, 0.3) is 11.5 Å². The molecule has 1 amide bonds. The zero-order valence-corrected chi connectivity index (χ0v) is 11.4. The third kappa shape index (κ3) is 3.14. The zero-order chi connectivity index (χ0) is 15.4. The number of nitrogens with zero attached hydrogens (tertiary/aromatic N) is 3. The highest BCUT2D eigenvalue weighted by Gasteiger charge is 2.10. The summed E-state index contributed by atoms with van der Waals surface area (Å²) >= 11 is 0. The van der Waals surface area contributed by atoms with E-state index in [-0.39, 0.29) is 18.3 Å². The van der Waals surface area contributed by atoms with Crippen LogP contribution in [0, 0.1) is 5.82 Å². The minimum absolute atomic E-state index is 0.0916. The smallest absolute Gasteiger partial charge is 0.251 e. The highest BCUT2D eigenvalue weighted by atomic mass is 19.1. The Morgan fingerprint density at radius 2 is 1.82 bits per heavy atom. The molecule has 0 unspecified atom stereocenters. The average molecular weight is 298 g/mol. The molecule has 3 rings (SSSR count). The summed E-state index contributed by atoms with van der Waals surface area (Å²) in [4.78, 5) is 15.8. The van der Waals surface area contributed by atoms with Crippen molar-refractivity contribution >= 4 is 5.91 Å². The van der Waals surface area contributed by atoms with Crippen molar-refractivity contribution in [2.45, 2.75) is 6.54 Å². The van der Waals surface area contributed by atoms with Crippen LogP contribution in [-0.4, -0.2) is 21.1 Å². The number of pyridine rings is 1. The summed E-state index contributed by atoms with van der Waals surface area (Å²) in [6.07, 6.45) is 3.24. The Hall–Kier alpha value is -3.09. The molecule has 1 aromatic carbocycles. The molecule has 0 aliphatic carbocycles. The van der Waals surface area contributed by atoms with Crippen molar-refractivity contribution in [1.82, 2.24) is 20.5 Å². The highest BCUT2D eigenvalue weighted by Crippen LogP contribution is 2.16. The third-order valence-corrected chi connectivity index (χ3v) is 2.90. The van der Waals surface area contributed by atoms with Gasteiger partial charge in [-0.05, 0) is 36.4 Å². The van der Waals surface area contributed by atoms with Crippen molar-refractivity contribution in [3.63, 3.8) is 0 Å². The van der Waals surface area contributed by atoms with Crippen molar-refractivity contribution in [3.8, 4) is 11.5 Å². The number of amides is 1. The second-order valence-corrected chi connectivity index (χ2v) is 4.43. The fourth-order valence-corrected chi connectivity index (χ4v) is 1.80. The number of aromatic nitrogens is 3. The van der Waals surface area contributed by atoms with E-state index in [1.807, 2.05) is 0 Å². The largest absolute Gasteiger partial charge is 0.419 e. The van der Waals surface area contributed by atoms with Crippen LogP contribution >= 0.6 is 0 Å². The maximum absolute atomic E-state index is 12.8. The molecule has 0 saturated heterocycles. The van der Waals surface area contributed by atoms with Crippen LogP contribution in [0.3, 0.4) is 0 Å². The van der Waals surface area contributed by atoms with Gasteiger partial charge in [0.25, 0.3) is 5.91 Å². The van der Waals surface area contributed by atoms with Gasteiger partial charge >= 0.3 is 0 Å². The quantitative estimate of drug-likeness (QED) is 0.798. The molecule has 7 heteroatoms. The number of carbonyl (C=O) groups is 1. The molecule has 0 radical (unpaired) electrons. The van der Waals surface area contributed by atoms with Crippen molar-refractivity contribution < 1.29 is 13.6 Å². The van der Waals surface area contributed by atoms with E-state index in [0.717, 1.165) is 5.56 Å². The lowest BCUT2D eigenvalue weighted by Gasteiger charge is -2.02. The number of halogens is 1. The first-order chi connectivity index (χ1) is 10.7. The Morgan fingerprint density at radius 1 is 1.09 bits per heavy atom. The molecule has 0 saturated carbocycles.